The van der Waals surface area contributed by atoms with Gasteiger partial charge in [0.1, 0.15) is 0 Å². The fourth-order valence-electron chi connectivity index (χ4n) is 0.978. The topological polar surface area (TPSA) is 89.3 Å². The summed E-state index contributed by atoms with van der Waals surface area (Å²) >= 11 is 0. The van der Waals surface area contributed by atoms with Gasteiger partial charge in [0.15, 0.2) is 0 Å². The molecule has 64 valence electrons. The Bertz CT molecular complexity index is 310. The van der Waals surface area contributed by atoms with E-state index in [1.807, 2.05) is 0 Å². The molecule has 0 aliphatic carbocycles. The van der Waals surface area contributed by atoms with E-state index in [2.05, 4.69) is 0 Å². The molecule has 0 bridgehead atoms. The average molecular weight is 166 g/mol. The van der Waals surface area contributed by atoms with Crippen LogP contribution in [0, 0.1) is 0 Å². The molecule has 0 aliphatic heterocycles. The second-order valence-corrected chi connectivity index (χ2v) is 2.39. The monoisotopic (exact) mass is 166 g/mol. The van der Waals surface area contributed by atoms with E-state index in [4.69, 9.17) is 16.6 Å². The molecule has 0 fully saturated rings. The van der Waals surface area contributed by atoms with Gasteiger partial charge in [-0.2, -0.15) is 0 Å². The number of aromatic carboxylic acids is 1. The maximum absolute atomic E-state index is 10.6. The van der Waals surface area contributed by atoms with Crippen LogP contribution in [0.25, 0.3) is 0 Å². The molecule has 5 N–H and O–H groups in total. The van der Waals surface area contributed by atoms with Gasteiger partial charge in [-0.25, -0.2) is 4.79 Å². The van der Waals surface area contributed by atoms with Crippen molar-refractivity contribution in [1.82, 2.24) is 0 Å². The standard InChI is InChI=1S/C8H10N2O2/c9-4-5-2-1-3-6(7(5)10)8(11)12/h1-3H,4,9-10H2,(H,11,12). The van der Waals surface area contributed by atoms with Crippen LogP contribution in [-0.2, 0) is 6.54 Å². The van der Waals surface area contributed by atoms with Gasteiger partial charge >= 0.3 is 5.97 Å². The summed E-state index contributed by atoms with van der Waals surface area (Å²) in [5.74, 6) is -1.03. The minimum Gasteiger partial charge on any atom is -0.478 e. The van der Waals surface area contributed by atoms with Crippen molar-refractivity contribution in [2.75, 3.05) is 5.73 Å². The van der Waals surface area contributed by atoms with E-state index in [0.29, 0.717) is 5.56 Å². The molecule has 12 heavy (non-hydrogen) atoms. The number of anilines is 1. The Hall–Kier alpha value is -1.55. The molecule has 0 radical (unpaired) electrons. The van der Waals surface area contributed by atoms with Crippen LogP contribution in [0.15, 0.2) is 18.2 Å². The van der Waals surface area contributed by atoms with Crippen LogP contribution in [0.2, 0.25) is 0 Å². The zero-order valence-electron chi connectivity index (χ0n) is 6.45. The number of hydrogen-bond donors (Lipinski definition) is 3. The zero-order chi connectivity index (χ0) is 9.14. The maximum atomic E-state index is 10.6. The Morgan fingerprint density at radius 2 is 2.17 bits per heavy atom. The van der Waals surface area contributed by atoms with Crippen molar-refractivity contribution in [2.24, 2.45) is 5.73 Å². The van der Waals surface area contributed by atoms with Gasteiger partial charge in [-0.3, -0.25) is 0 Å². The number of carbonyl (C=O) groups is 1. The van der Waals surface area contributed by atoms with Gasteiger partial charge in [0.25, 0.3) is 0 Å². The smallest absolute Gasteiger partial charge is 0.337 e. The Morgan fingerprint density at radius 1 is 1.50 bits per heavy atom. The van der Waals surface area contributed by atoms with Crippen LogP contribution >= 0.6 is 0 Å². The third kappa shape index (κ3) is 1.38. The average Bonchev–Trinajstić information content (AvgIpc) is 2.04. The summed E-state index contributed by atoms with van der Waals surface area (Å²) in [6.07, 6.45) is 0. The van der Waals surface area contributed by atoms with E-state index in [9.17, 15) is 4.79 Å². The Kier molecular flexibility index (Phi) is 2.30. The van der Waals surface area contributed by atoms with Gasteiger partial charge in [-0.1, -0.05) is 12.1 Å². The first-order valence-electron chi connectivity index (χ1n) is 3.47. The number of rotatable bonds is 2. The van der Waals surface area contributed by atoms with Crippen molar-refractivity contribution in [3.8, 4) is 0 Å². The molecule has 4 heteroatoms. The first kappa shape index (κ1) is 8.55. The maximum Gasteiger partial charge on any atom is 0.337 e. The van der Waals surface area contributed by atoms with E-state index in [1.165, 1.54) is 6.07 Å². The van der Waals surface area contributed by atoms with Crippen LogP contribution < -0.4 is 11.5 Å². The Labute approximate surface area is 69.8 Å². The van der Waals surface area contributed by atoms with E-state index >= 15 is 0 Å². The molecule has 1 aromatic rings. The summed E-state index contributed by atoms with van der Waals surface area (Å²) in [6.45, 7) is 0.257. The quantitative estimate of drug-likeness (QED) is 0.555. The second-order valence-electron chi connectivity index (χ2n) is 2.39. The lowest BCUT2D eigenvalue weighted by molar-refractivity contribution is 0.0698. The molecule has 0 spiro atoms. The minimum absolute atomic E-state index is 0.109. The molecule has 0 atom stereocenters. The number of hydrogen-bond acceptors (Lipinski definition) is 3. The summed E-state index contributed by atoms with van der Waals surface area (Å²) in [5, 5.41) is 8.66. The zero-order valence-corrected chi connectivity index (χ0v) is 6.45. The molecule has 0 unspecified atom stereocenters. The number of carboxylic acid groups (broad SMARTS) is 1. The van der Waals surface area contributed by atoms with Crippen LogP contribution in [0.5, 0.6) is 0 Å². The van der Waals surface area contributed by atoms with E-state index in [-0.39, 0.29) is 17.8 Å². The van der Waals surface area contributed by atoms with Crippen LogP contribution in [0.4, 0.5) is 5.69 Å². The molecule has 0 saturated heterocycles. The fourth-order valence-corrected chi connectivity index (χ4v) is 0.978. The molecule has 1 rings (SSSR count). The minimum atomic E-state index is -1.03. The normalized spacial score (nSPS) is 9.75. The third-order valence-corrected chi connectivity index (χ3v) is 1.65. The lowest BCUT2D eigenvalue weighted by atomic mass is 10.1. The molecule has 0 amide bonds. The van der Waals surface area contributed by atoms with Crippen LogP contribution in [0.3, 0.4) is 0 Å². The Morgan fingerprint density at radius 3 is 2.67 bits per heavy atom. The summed E-state index contributed by atoms with van der Waals surface area (Å²) in [5.41, 5.74) is 11.9. The summed E-state index contributed by atoms with van der Waals surface area (Å²) < 4.78 is 0. The highest BCUT2D eigenvalue weighted by molar-refractivity contribution is 5.94. The molecule has 0 heterocycles. The lowest BCUT2D eigenvalue weighted by Crippen LogP contribution is -2.07. The first-order chi connectivity index (χ1) is 5.66. The van der Waals surface area contributed by atoms with Crippen molar-refractivity contribution in [3.63, 3.8) is 0 Å². The molecule has 0 saturated carbocycles. The Balaban J connectivity index is 3.23. The lowest BCUT2D eigenvalue weighted by Gasteiger charge is -2.04. The third-order valence-electron chi connectivity index (χ3n) is 1.65. The number of para-hydroxylation sites is 1. The SMILES string of the molecule is NCc1cccc(C(=O)O)c1N. The van der Waals surface area contributed by atoms with Gasteiger partial charge < -0.3 is 16.6 Å². The van der Waals surface area contributed by atoms with Crippen LogP contribution in [0.1, 0.15) is 15.9 Å². The summed E-state index contributed by atoms with van der Waals surface area (Å²) in [7, 11) is 0. The number of nitrogen functional groups attached to an aromatic ring is 1. The van der Waals surface area contributed by atoms with E-state index in [1.54, 1.807) is 12.1 Å². The number of benzene rings is 1. The number of carboxylic acids is 1. The van der Waals surface area contributed by atoms with Crippen molar-refractivity contribution in [1.29, 1.82) is 0 Å². The van der Waals surface area contributed by atoms with E-state index < -0.39 is 5.97 Å². The van der Waals surface area contributed by atoms with Gasteiger partial charge in [-0.05, 0) is 11.6 Å². The van der Waals surface area contributed by atoms with Crippen molar-refractivity contribution in [2.45, 2.75) is 6.54 Å². The highest BCUT2D eigenvalue weighted by Crippen LogP contribution is 2.16. The molecular weight excluding hydrogens is 156 g/mol. The van der Waals surface area contributed by atoms with Gasteiger partial charge in [0, 0.05) is 6.54 Å². The summed E-state index contributed by atoms with van der Waals surface area (Å²) in [4.78, 5) is 10.6. The molecule has 4 nitrogen and oxygen atoms in total. The first-order valence-corrected chi connectivity index (χ1v) is 3.47. The van der Waals surface area contributed by atoms with Crippen molar-refractivity contribution in [3.05, 3.63) is 29.3 Å². The van der Waals surface area contributed by atoms with Gasteiger partial charge in [-0.15, -0.1) is 0 Å². The highest BCUT2D eigenvalue weighted by Gasteiger charge is 2.09. The fraction of sp³-hybridized carbons (Fsp3) is 0.125. The van der Waals surface area contributed by atoms with Crippen molar-refractivity contribution >= 4 is 11.7 Å². The number of nitrogens with two attached hydrogens (primary N) is 2. The predicted molar refractivity (Wildman–Crippen MR) is 45.7 cm³/mol. The van der Waals surface area contributed by atoms with E-state index in [0.717, 1.165) is 0 Å². The second kappa shape index (κ2) is 3.23. The summed E-state index contributed by atoms with van der Waals surface area (Å²) in [6, 6.07) is 4.79. The molecule has 0 aromatic heterocycles. The largest absolute Gasteiger partial charge is 0.478 e. The molecule has 0 aliphatic rings. The molecular formula is C8H10N2O2. The van der Waals surface area contributed by atoms with Gasteiger partial charge in [0.2, 0.25) is 0 Å². The molecule has 1 aromatic carbocycles. The van der Waals surface area contributed by atoms with Crippen molar-refractivity contribution < 1.29 is 9.90 Å². The predicted octanol–water partition coefficient (Wildman–Crippen LogP) is 0.426. The van der Waals surface area contributed by atoms with Crippen LogP contribution in [-0.4, -0.2) is 11.1 Å². The highest BCUT2D eigenvalue weighted by atomic mass is 16.4. The van der Waals surface area contributed by atoms with Gasteiger partial charge in [0.05, 0.1) is 11.3 Å².